The van der Waals surface area contributed by atoms with Gasteiger partial charge >= 0.3 is 0 Å². The van der Waals surface area contributed by atoms with E-state index in [-0.39, 0.29) is 5.28 Å². The summed E-state index contributed by atoms with van der Waals surface area (Å²) < 4.78 is 0. The van der Waals surface area contributed by atoms with E-state index in [0.717, 1.165) is 38.6 Å². The first-order valence-corrected chi connectivity index (χ1v) is 15.3. The molecule has 3 nitrogen and oxygen atoms in total. The Labute approximate surface area is 266 Å². The van der Waals surface area contributed by atoms with Crippen molar-refractivity contribution in [3.8, 4) is 56.2 Å². The second-order valence-corrected chi connectivity index (χ2v) is 11.3. The minimum atomic E-state index is 0.160. The van der Waals surface area contributed by atoms with Gasteiger partial charge in [-0.05, 0) is 78.7 Å². The van der Waals surface area contributed by atoms with Crippen molar-refractivity contribution in [1.82, 2.24) is 15.0 Å². The third kappa shape index (κ3) is 5.04. The average molecular weight is 596 g/mol. The monoisotopic (exact) mass is 595 g/mol. The van der Waals surface area contributed by atoms with Crippen LogP contribution in [-0.2, 0) is 0 Å². The Bertz CT molecular complexity index is 2340. The van der Waals surface area contributed by atoms with Crippen LogP contribution in [0.5, 0.6) is 0 Å². The van der Waals surface area contributed by atoms with Crippen LogP contribution >= 0.6 is 11.6 Å². The molecule has 0 amide bonds. The van der Waals surface area contributed by atoms with E-state index in [1.807, 2.05) is 18.2 Å². The van der Waals surface area contributed by atoms with E-state index in [2.05, 4.69) is 149 Å². The van der Waals surface area contributed by atoms with Crippen LogP contribution in [0.1, 0.15) is 0 Å². The van der Waals surface area contributed by atoms with E-state index in [1.165, 1.54) is 27.5 Å². The molecule has 0 saturated heterocycles. The topological polar surface area (TPSA) is 38.7 Å². The zero-order valence-corrected chi connectivity index (χ0v) is 25.0. The normalized spacial score (nSPS) is 11.2. The smallest absolute Gasteiger partial charge is 0.208 e. The molecule has 0 unspecified atom stereocenters. The zero-order valence-electron chi connectivity index (χ0n) is 24.2. The lowest BCUT2D eigenvalue weighted by Crippen LogP contribution is -1.98. The minimum Gasteiger partial charge on any atom is -0.208 e. The van der Waals surface area contributed by atoms with Crippen LogP contribution in [-0.4, -0.2) is 15.0 Å². The number of hydrogen-bond donors (Lipinski definition) is 0. The second kappa shape index (κ2) is 11.5. The first-order valence-electron chi connectivity index (χ1n) is 14.9. The molecular weight excluding hydrogens is 570 g/mol. The van der Waals surface area contributed by atoms with E-state index < -0.39 is 0 Å². The maximum Gasteiger partial charge on any atom is 0.226 e. The fraction of sp³-hybridized carbons (Fsp3) is 0. The number of nitrogens with zero attached hydrogens (tertiary/aromatic N) is 3. The van der Waals surface area contributed by atoms with Crippen molar-refractivity contribution in [3.05, 3.63) is 163 Å². The largest absolute Gasteiger partial charge is 0.226 e. The predicted molar refractivity (Wildman–Crippen MR) is 187 cm³/mol. The van der Waals surface area contributed by atoms with Crippen molar-refractivity contribution in [3.63, 3.8) is 0 Å². The van der Waals surface area contributed by atoms with Gasteiger partial charge in [-0.3, -0.25) is 0 Å². The van der Waals surface area contributed by atoms with Gasteiger partial charge in [-0.25, -0.2) is 4.98 Å². The molecular formula is C41H26ClN3. The fourth-order valence-electron chi connectivity index (χ4n) is 6.22. The molecule has 0 radical (unpaired) electrons. The van der Waals surface area contributed by atoms with Gasteiger partial charge in [0.1, 0.15) is 0 Å². The Morgan fingerprint density at radius 3 is 1.73 bits per heavy atom. The van der Waals surface area contributed by atoms with Crippen molar-refractivity contribution in [2.75, 3.05) is 0 Å². The van der Waals surface area contributed by atoms with Crippen LogP contribution in [0, 0.1) is 0 Å². The van der Waals surface area contributed by atoms with Crippen LogP contribution in [0.15, 0.2) is 158 Å². The molecule has 0 aliphatic carbocycles. The first-order chi connectivity index (χ1) is 22.2. The van der Waals surface area contributed by atoms with Gasteiger partial charge in [0.15, 0.2) is 11.6 Å². The molecule has 45 heavy (non-hydrogen) atoms. The summed E-state index contributed by atoms with van der Waals surface area (Å²) in [6, 6.07) is 54.8. The van der Waals surface area contributed by atoms with E-state index in [9.17, 15) is 0 Å². The van der Waals surface area contributed by atoms with Crippen LogP contribution in [0.4, 0.5) is 0 Å². The van der Waals surface area contributed by atoms with E-state index in [4.69, 9.17) is 16.6 Å². The highest BCUT2D eigenvalue weighted by molar-refractivity contribution is 6.28. The Kier molecular flexibility index (Phi) is 6.86. The maximum absolute atomic E-state index is 6.59. The summed E-state index contributed by atoms with van der Waals surface area (Å²) in [4.78, 5) is 14.2. The lowest BCUT2D eigenvalue weighted by Gasteiger charge is -2.15. The van der Waals surface area contributed by atoms with Crippen molar-refractivity contribution < 1.29 is 0 Å². The third-order valence-electron chi connectivity index (χ3n) is 8.30. The molecule has 4 heteroatoms. The summed E-state index contributed by atoms with van der Waals surface area (Å²) in [5.74, 6) is 1.08. The number of halogens is 1. The van der Waals surface area contributed by atoms with E-state index in [0.29, 0.717) is 11.6 Å². The Morgan fingerprint density at radius 1 is 0.333 bits per heavy atom. The van der Waals surface area contributed by atoms with Crippen molar-refractivity contribution >= 4 is 33.1 Å². The highest BCUT2D eigenvalue weighted by atomic mass is 35.5. The van der Waals surface area contributed by atoms with Gasteiger partial charge in [-0.1, -0.05) is 146 Å². The van der Waals surface area contributed by atoms with Gasteiger partial charge in [0.05, 0.1) is 0 Å². The molecule has 0 atom stereocenters. The SMILES string of the molecule is Clc1nc(-c2cccc(-c3cccc4ccccc34)c2)nc(-c2ccc(-c3ccccc3-c3ccccc3)c3ccccc23)n1. The predicted octanol–water partition coefficient (Wildman–Crippen LogP) is 11.2. The molecule has 8 rings (SSSR count). The van der Waals surface area contributed by atoms with Crippen molar-refractivity contribution in [2.45, 2.75) is 0 Å². The summed E-state index contributed by atoms with van der Waals surface area (Å²) >= 11 is 6.59. The van der Waals surface area contributed by atoms with Crippen LogP contribution in [0.3, 0.4) is 0 Å². The standard InChI is InChI=1S/C41H26ClN3/c42-41-44-39(30-17-10-16-29(26-30)33-23-11-15-28-14-4-5-18-31(28)33)43-40(45-41)38-25-24-37(35-21-8-9-22-36(35)38)34-20-7-6-19-32(34)27-12-2-1-3-13-27/h1-26H. The van der Waals surface area contributed by atoms with Gasteiger partial charge < -0.3 is 0 Å². The number of rotatable bonds is 5. The molecule has 0 fully saturated rings. The molecule has 0 bridgehead atoms. The first kappa shape index (κ1) is 26.9. The molecule has 0 aliphatic heterocycles. The Balaban J connectivity index is 1.25. The molecule has 0 N–H and O–H groups in total. The molecule has 1 heterocycles. The van der Waals surface area contributed by atoms with Crippen molar-refractivity contribution in [2.24, 2.45) is 0 Å². The third-order valence-corrected chi connectivity index (χ3v) is 8.47. The summed E-state index contributed by atoms with van der Waals surface area (Å²) in [5.41, 5.74) is 8.73. The van der Waals surface area contributed by atoms with Crippen LogP contribution in [0.2, 0.25) is 5.28 Å². The molecule has 0 saturated carbocycles. The molecule has 1 aromatic heterocycles. The second-order valence-electron chi connectivity index (χ2n) is 11.0. The fourth-order valence-corrected chi connectivity index (χ4v) is 6.38. The number of aromatic nitrogens is 3. The summed E-state index contributed by atoms with van der Waals surface area (Å²) in [6.07, 6.45) is 0. The van der Waals surface area contributed by atoms with Gasteiger partial charge in [0, 0.05) is 11.1 Å². The van der Waals surface area contributed by atoms with Gasteiger partial charge in [0.2, 0.25) is 5.28 Å². The van der Waals surface area contributed by atoms with E-state index >= 15 is 0 Å². The molecule has 7 aromatic carbocycles. The molecule has 212 valence electrons. The quantitative estimate of drug-likeness (QED) is 0.199. The van der Waals surface area contributed by atoms with Gasteiger partial charge in [-0.15, -0.1) is 0 Å². The highest BCUT2D eigenvalue weighted by Gasteiger charge is 2.16. The Morgan fingerprint density at radius 2 is 0.889 bits per heavy atom. The van der Waals surface area contributed by atoms with Crippen LogP contribution < -0.4 is 0 Å². The Hall–Kier alpha value is -5.64. The number of hydrogen-bond acceptors (Lipinski definition) is 3. The zero-order chi connectivity index (χ0) is 30.2. The maximum atomic E-state index is 6.59. The highest BCUT2D eigenvalue weighted by Crippen LogP contribution is 2.39. The minimum absolute atomic E-state index is 0.160. The lowest BCUT2D eigenvalue weighted by molar-refractivity contribution is 1.07. The van der Waals surface area contributed by atoms with E-state index in [1.54, 1.807) is 0 Å². The summed E-state index contributed by atoms with van der Waals surface area (Å²) in [6.45, 7) is 0. The average Bonchev–Trinajstić information content (AvgIpc) is 3.11. The lowest BCUT2D eigenvalue weighted by atomic mass is 9.90. The molecule has 8 aromatic rings. The summed E-state index contributed by atoms with van der Waals surface area (Å²) in [7, 11) is 0. The van der Waals surface area contributed by atoms with Gasteiger partial charge in [0.25, 0.3) is 0 Å². The van der Waals surface area contributed by atoms with Crippen LogP contribution in [0.25, 0.3) is 77.7 Å². The summed E-state index contributed by atoms with van der Waals surface area (Å²) in [5, 5.41) is 4.73. The number of fused-ring (bicyclic) bond motifs is 2. The van der Waals surface area contributed by atoms with Gasteiger partial charge in [-0.2, -0.15) is 9.97 Å². The van der Waals surface area contributed by atoms with Crippen molar-refractivity contribution in [1.29, 1.82) is 0 Å². The number of benzene rings is 7. The molecule has 0 spiro atoms. The molecule has 0 aliphatic rings.